The largest absolute Gasteiger partial charge is 0.328 e. The molecule has 0 bridgehead atoms. The van der Waals surface area contributed by atoms with Crippen molar-refractivity contribution in [1.29, 1.82) is 0 Å². The molecule has 2 rings (SSSR count). The van der Waals surface area contributed by atoms with Gasteiger partial charge in [-0.3, -0.25) is 0 Å². The summed E-state index contributed by atoms with van der Waals surface area (Å²) in [7, 11) is 0. The first-order valence-electron chi connectivity index (χ1n) is 4.87. The van der Waals surface area contributed by atoms with Gasteiger partial charge in [-0.2, -0.15) is 0 Å². The zero-order valence-electron chi connectivity index (χ0n) is 7.84. The van der Waals surface area contributed by atoms with Gasteiger partial charge in [0.25, 0.3) is 0 Å². The molecule has 1 aromatic carbocycles. The van der Waals surface area contributed by atoms with Crippen molar-refractivity contribution in [3.8, 4) is 0 Å². The molecule has 1 aliphatic carbocycles. The van der Waals surface area contributed by atoms with E-state index in [0.29, 0.717) is 10.9 Å². The van der Waals surface area contributed by atoms with Crippen molar-refractivity contribution in [3.63, 3.8) is 0 Å². The maximum absolute atomic E-state index is 13.1. The minimum Gasteiger partial charge on any atom is -0.328 e. The molecule has 0 heterocycles. The molecule has 1 nitrogen and oxygen atoms in total. The van der Waals surface area contributed by atoms with Crippen LogP contribution in [0.2, 0.25) is 5.02 Å². The lowest BCUT2D eigenvalue weighted by atomic mass is 9.97. The lowest BCUT2D eigenvalue weighted by Gasteiger charge is -2.10. The highest BCUT2D eigenvalue weighted by molar-refractivity contribution is 6.30. The van der Waals surface area contributed by atoms with Gasteiger partial charge in [0, 0.05) is 11.1 Å². The zero-order valence-corrected chi connectivity index (χ0v) is 8.60. The third-order valence-corrected chi connectivity index (χ3v) is 3.05. The van der Waals surface area contributed by atoms with Crippen molar-refractivity contribution in [2.24, 2.45) is 5.73 Å². The maximum atomic E-state index is 13.1. The second kappa shape index (κ2) is 3.87. The maximum Gasteiger partial charge on any atom is 0.124 e. The number of rotatable bonds is 1. The SMILES string of the molecule is NC1CCC(c2cc(F)cc(Cl)c2)C1. The van der Waals surface area contributed by atoms with E-state index in [4.69, 9.17) is 17.3 Å². The van der Waals surface area contributed by atoms with Gasteiger partial charge in [0.15, 0.2) is 0 Å². The van der Waals surface area contributed by atoms with Crippen LogP contribution in [0.25, 0.3) is 0 Å². The van der Waals surface area contributed by atoms with E-state index < -0.39 is 0 Å². The predicted molar refractivity (Wildman–Crippen MR) is 56.0 cm³/mol. The Morgan fingerprint density at radius 1 is 1.29 bits per heavy atom. The summed E-state index contributed by atoms with van der Waals surface area (Å²) in [6, 6.07) is 5.00. The van der Waals surface area contributed by atoms with E-state index in [0.717, 1.165) is 24.8 Å². The average Bonchev–Trinajstić information content (AvgIpc) is 2.50. The van der Waals surface area contributed by atoms with Gasteiger partial charge in [-0.1, -0.05) is 11.6 Å². The molecule has 0 amide bonds. The van der Waals surface area contributed by atoms with Crippen LogP contribution in [0.5, 0.6) is 0 Å². The molecule has 76 valence electrons. The Morgan fingerprint density at radius 3 is 2.64 bits per heavy atom. The Kier molecular flexibility index (Phi) is 2.75. The molecule has 1 saturated carbocycles. The Labute approximate surface area is 88.1 Å². The molecule has 1 aromatic rings. The smallest absolute Gasteiger partial charge is 0.124 e. The second-order valence-corrected chi connectivity index (χ2v) is 4.41. The average molecular weight is 214 g/mol. The van der Waals surface area contributed by atoms with Gasteiger partial charge >= 0.3 is 0 Å². The van der Waals surface area contributed by atoms with Crippen LogP contribution in [0.1, 0.15) is 30.7 Å². The summed E-state index contributed by atoms with van der Waals surface area (Å²) in [5.41, 5.74) is 6.80. The van der Waals surface area contributed by atoms with Gasteiger partial charge in [-0.05, 0) is 48.9 Å². The minimum absolute atomic E-state index is 0.257. The number of halogens is 2. The first-order chi connectivity index (χ1) is 6.65. The fourth-order valence-corrected chi connectivity index (χ4v) is 2.36. The number of hydrogen-bond donors (Lipinski definition) is 1. The van der Waals surface area contributed by atoms with Crippen LogP contribution in [0, 0.1) is 5.82 Å². The first kappa shape index (κ1) is 9.94. The van der Waals surface area contributed by atoms with E-state index in [9.17, 15) is 4.39 Å². The summed E-state index contributed by atoms with van der Waals surface area (Å²) in [6.45, 7) is 0. The molecular formula is C11H13ClFN. The van der Waals surface area contributed by atoms with E-state index in [1.165, 1.54) is 6.07 Å². The topological polar surface area (TPSA) is 26.0 Å². The van der Waals surface area contributed by atoms with Crippen LogP contribution in [0.3, 0.4) is 0 Å². The zero-order chi connectivity index (χ0) is 10.1. The van der Waals surface area contributed by atoms with Crippen LogP contribution in [0.15, 0.2) is 18.2 Å². The number of nitrogens with two attached hydrogens (primary N) is 1. The molecule has 3 heteroatoms. The summed E-state index contributed by atoms with van der Waals surface area (Å²) in [5.74, 6) is 0.131. The highest BCUT2D eigenvalue weighted by atomic mass is 35.5. The van der Waals surface area contributed by atoms with Gasteiger partial charge in [-0.25, -0.2) is 4.39 Å². The molecule has 1 fully saturated rings. The van der Waals surface area contributed by atoms with Crippen molar-refractivity contribution in [1.82, 2.24) is 0 Å². The monoisotopic (exact) mass is 213 g/mol. The Bertz CT molecular complexity index is 320. The molecule has 14 heavy (non-hydrogen) atoms. The molecule has 2 atom stereocenters. The van der Waals surface area contributed by atoms with Crippen LogP contribution >= 0.6 is 11.6 Å². The van der Waals surface area contributed by atoms with E-state index in [2.05, 4.69) is 0 Å². The molecule has 1 aliphatic rings. The molecule has 0 aliphatic heterocycles. The molecule has 2 N–H and O–H groups in total. The summed E-state index contributed by atoms with van der Waals surface area (Å²) in [5, 5.41) is 0.473. The fraction of sp³-hybridized carbons (Fsp3) is 0.455. The van der Waals surface area contributed by atoms with Crippen molar-refractivity contribution in [2.75, 3.05) is 0 Å². The Morgan fingerprint density at radius 2 is 2.07 bits per heavy atom. The molecular weight excluding hydrogens is 201 g/mol. The third kappa shape index (κ3) is 2.07. The summed E-state index contributed by atoms with van der Waals surface area (Å²) in [6.07, 6.45) is 3.01. The molecule has 2 unspecified atom stereocenters. The molecule has 0 spiro atoms. The normalized spacial score (nSPS) is 26.8. The van der Waals surface area contributed by atoms with Gasteiger partial charge in [0.1, 0.15) is 5.82 Å². The Hall–Kier alpha value is -0.600. The van der Waals surface area contributed by atoms with E-state index in [-0.39, 0.29) is 11.9 Å². The minimum atomic E-state index is -0.257. The van der Waals surface area contributed by atoms with Crippen molar-refractivity contribution >= 4 is 11.6 Å². The number of hydrogen-bond acceptors (Lipinski definition) is 1. The predicted octanol–water partition coefficient (Wildman–Crippen LogP) is 3.07. The van der Waals surface area contributed by atoms with Gasteiger partial charge in [0.2, 0.25) is 0 Å². The highest BCUT2D eigenvalue weighted by Gasteiger charge is 2.23. The third-order valence-electron chi connectivity index (χ3n) is 2.83. The second-order valence-electron chi connectivity index (χ2n) is 3.97. The summed E-state index contributed by atoms with van der Waals surface area (Å²) < 4.78 is 13.1. The molecule has 0 aromatic heterocycles. The van der Waals surface area contributed by atoms with E-state index in [1.807, 2.05) is 6.07 Å². The molecule has 0 radical (unpaired) electrons. The summed E-state index contributed by atoms with van der Waals surface area (Å²) in [4.78, 5) is 0. The quantitative estimate of drug-likeness (QED) is 0.763. The standard InChI is InChI=1S/C11H13ClFN/c12-9-3-8(4-10(13)6-9)7-1-2-11(14)5-7/h3-4,6-7,11H,1-2,5,14H2. The highest BCUT2D eigenvalue weighted by Crippen LogP contribution is 2.34. The lowest BCUT2D eigenvalue weighted by Crippen LogP contribution is -2.14. The van der Waals surface area contributed by atoms with E-state index in [1.54, 1.807) is 6.07 Å². The van der Waals surface area contributed by atoms with Crippen molar-refractivity contribution in [2.45, 2.75) is 31.2 Å². The van der Waals surface area contributed by atoms with Gasteiger partial charge in [-0.15, -0.1) is 0 Å². The lowest BCUT2D eigenvalue weighted by molar-refractivity contribution is 0.616. The molecule has 0 saturated heterocycles. The van der Waals surface area contributed by atoms with Crippen molar-refractivity contribution < 1.29 is 4.39 Å². The van der Waals surface area contributed by atoms with E-state index >= 15 is 0 Å². The number of benzene rings is 1. The van der Waals surface area contributed by atoms with Crippen LogP contribution in [-0.4, -0.2) is 6.04 Å². The summed E-state index contributed by atoms with van der Waals surface area (Å²) >= 11 is 5.79. The van der Waals surface area contributed by atoms with Crippen LogP contribution in [-0.2, 0) is 0 Å². The Balaban J connectivity index is 2.23. The first-order valence-corrected chi connectivity index (χ1v) is 5.24. The van der Waals surface area contributed by atoms with Gasteiger partial charge < -0.3 is 5.73 Å². The van der Waals surface area contributed by atoms with Crippen molar-refractivity contribution in [3.05, 3.63) is 34.6 Å². The fourth-order valence-electron chi connectivity index (χ4n) is 2.13. The van der Waals surface area contributed by atoms with Gasteiger partial charge in [0.05, 0.1) is 0 Å². The van der Waals surface area contributed by atoms with Crippen LogP contribution < -0.4 is 5.73 Å². The van der Waals surface area contributed by atoms with Crippen LogP contribution in [0.4, 0.5) is 4.39 Å².